The second kappa shape index (κ2) is 29.0. The van der Waals surface area contributed by atoms with Gasteiger partial charge >= 0.3 is 12.1 Å². The highest BCUT2D eigenvalue weighted by Crippen LogP contribution is 2.26. The van der Waals surface area contributed by atoms with Gasteiger partial charge in [0.2, 0.25) is 35.4 Å². The fraction of sp³-hybridized carbons (Fsp3) is 0.521. The molecular formula is C48H72N18O10. The minimum absolute atomic E-state index is 0.0217. The van der Waals surface area contributed by atoms with Crippen LogP contribution < -0.4 is 60.4 Å². The van der Waals surface area contributed by atoms with Crippen LogP contribution in [0.1, 0.15) is 62.5 Å². The number of guanidine groups is 2. The summed E-state index contributed by atoms with van der Waals surface area (Å²) >= 11 is 0. The Bertz CT molecular complexity index is 2380. The van der Waals surface area contributed by atoms with Gasteiger partial charge in [-0.1, -0.05) is 60.7 Å². The number of benzene rings is 2. The summed E-state index contributed by atoms with van der Waals surface area (Å²) < 4.78 is 0. The first-order valence-corrected chi connectivity index (χ1v) is 25.2. The van der Waals surface area contributed by atoms with E-state index in [1.54, 1.807) is 60.7 Å². The number of aliphatic hydroxyl groups excluding tert-OH is 1. The summed E-state index contributed by atoms with van der Waals surface area (Å²) in [5.41, 5.74) is 19.9. The Labute approximate surface area is 439 Å². The van der Waals surface area contributed by atoms with E-state index in [2.05, 4.69) is 37.3 Å². The molecule has 0 spiro atoms. The minimum atomic E-state index is -1.58. The van der Waals surface area contributed by atoms with Crippen LogP contribution in [-0.2, 0) is 46.4 Å². The second-order valence-electron chi connectivity index (χ2n) is 18.6. The lowest BCUT2D eigenvalue weighted by molar-refractivity contribution is -0.143. The van der Waals surface area contributed by atoms with E-state index in [0.717, 1.165) is 10.0 Å². The fourth-order valence-corrected chi connectivity index (χ4v) is 9.25. The van der Waals surface area contributed by atoms with E-state index >= 15 is 0 Å². The Morgan fingerprint density at radius 1 is 0.618 bits per heavy atom. The molecule has 3 aliphatic heterocycles. The molecule has 414 valence electrons. The molecule has 6 atom stereocenters. The van der Waals surface area contributed by atoms with Crippen LogP contribution in [0.4, 0.5) is 9.59 Å². The molecule has 2 aromatic carbocycles. The van der Waals surface area contributed by atoms with Gasteiger partial charge in [0.05, 0.1) is 13.2 Å². The van der Waals surface area contributed by atoms with Gasteiger partial charge in [-0.3, -0.25) is 54.8 Å². The van der Waals surface area contributed by atoms with E-state index in [1.165, 1.54) is 14.7 Å². The number of nitrogens with zero attached hydrogens (tertiary/aromatic N) is 5. The average Bonchev–Trinajstić information content (AvgIpc) is 4.22. The minimum Gasteiger partial charge on any atom is -0.394 e. The number of nitrogens with one attached hydrogen (secondary N) is 9. The number of rotatable bonds is 24. The van der Waals surface area contributed by atoms with Crippen molar-refractivity contribution in [3.05, 3.63) is 71.8 Å². The van der Waals surface area contributed by atoms with Crippen molar-refractivity contribution in [2.75, 3.05) is 59.0 Å². The summed E-state index contributed by atoms with van der Waals surface area (Å²) in [4.78, 5) is 127. The topological polar surface area (TPSA) is 426 Å². The van der Waals surface area contributed by atoms with Gasteiger partial charge in [-0.2, -0.15) is 0 Å². The van der Waals surface area contributed by atoms with Crippen LogP contribution in [0.2, 0.25) is 0 Å². The van der Waals surface area contributed by atoms with E-state index < -0.39 is 103 Å². The number of aliphatic hydroxyl groups is 1. The SMILES string of the molecule is N=C(N)NCCCN(N)C(=O)N1CCC[C@H]1C(=O)N1CCC[C@H]1C(=O)NCC(=O)N[C@@H](Cc1ccccc1)C(=O)N[C@@H](CO)C(=O)N1CCC[C@H]1C(=O)N[C@@H](Cc1ccccc1)C(=O)NN(CCCNC(=N)N)C(N)=O. The molecule has 28 nitrogen and oxygen atoms in total. The molecule has 3 aliphatic rings. The molecule has 28 heteroatoms. The van der Waals surface area contributed by atoms with Crippen molar-refractivity contribution in [1.82, 2.24) is 62.0 Å². The quantitative estimate of drug-likeness (QED) is 0.0119. The molecule has 2 aromatic rings. The molecule has 3 saturated heterocycles. The third-order valence-electron chi connectivity index (χ3n) is 13.1. The number of urea groups is 2. The predicted octanol–water partition coefficient (Wildman–Crippen LogP) is -4.06. The highest BCUT2D eigenvalue weighted by molar-refractivity contribution is 5.97. The maximum atomic E-state index is 14.1. The number of primary amides is 1. The molecule has 0 radical (unpaired) electrons. The summed E-state index contributed by atoms with van der Waals surface area (Å²) in [5.74, 6) is 0.525. The Hall–Kier alpha value is -8.27. The van der Waals surface area contributed by atoms with Crippen molar-refractivity contribution < 1.29 is 48.3 Å². The zero-order valence-corrected chi connectivity index (χ0v) is 42.3. The summed E-state index contributed by atoms with van der Waals surface area (Å²) in [6.45, 7) is -0.326. The van der Waals surface area contributed by atoms with Gasteiger partial charge in [-0.25, -0.2) is 20.4 Å². The molecule has 0 bridgehead atoms. The van der Waals surface area contributed by atoms with Crippen LogP contribution in [0.5, 0.6) is 0 Å². The van der Waals surface area contributed by atoms with Gasteiger partial charge < -0.3 is 68.9 Å². The van der Waals surface area contributed by atoms with E-state index in [9.17, 15) is 48.3 Å². The lowest BCUT2D eigenvalue weighted by Crippen LogP contribution is -2.60. The van der Waals surface area contributed by atoms with Gasteiger partial charge in [-0.05, 0) is 62.5 Å². The van der Waals surface area contributed by atoms with Gasteiger partial charge in [0.1, 0.15) is 36.3 Å². The molecule has 0 saturated carbocycles. The molecule has 0 aliphatic carbocycles. The molecule has 11 amide bonds. The molecule has 0 aromatic heterocycles. The molecule has 3 heterocycles. The summed E-state index contributed by atoms with van der Waals surface area (Å²) in [6.07, 6.45) is 2.76. The highest BCUT2D eigenvalue weighted by Gasteiger charge is 2.44. The largest absolute Gasteiger partial charge is 0.394 e. The van der Waals surface area contributed by atoms with Gasteiger partial charge in [0.15, 0.2) is 11.9 Å². The van der Waals surface area contributed by atoms with Crippen LogP contribution in [0.25, 0.3) is 0 Å². The zero-order chi connectivity index (χ0) is 55.3. The average molecular weight is 1060 g/mol. The van der Waals surface area contributed by atoms with Crippen LogP contribution in [0.3, 0.4) is 0 Å². The Balaban J connectivity index is 1.20. The molecule has 3 fully saturated rings. The lowest BCUT2D eigenvalue weighted by atomic mass is 10.0. The zero-order valence-electron chi connectivity index (χ0n) is 42.3. The Kier molecular flexibility index (Phi) is 22.4. The maximum absolute atomic E-state index is 14.1. The maximum Gasteiger partial charge on any atom is 0.334 e. The fourth-order valence-electron chi connectivity index (χ4n) is 9.25. The Morgan fingerprint density at radius 3 is 1.68 bits per heavy atom. The molecule has 18 N–H and O–H groups in total. The summed E-state index contributed by atoms with van der Waals surface area (Å²) in [7, 11) is 0. The number of hydrogen-bond donors (Lipinski definition) is 14. The van der Waals surface area contributed by atoms with Gasteiger partial charge in [-0.15, -0.1) is 0 Å². The number of carbonyl (C=O) groups excluding carboxylic acids is 9. The van der Waals surface area contributed by atoms with E-state index in [1.807, 2.05) is 0 Å². The summed E-state index contributed by atoms with van der Waals surface area (Å²) in [6, 6.07) is 8.67. The second-order valence-corrected chi connectivity index (χ2v) is 18.6. The smallest absolute Gasteiger partial charge is 0.334 e. The first-order chi connectivity index (χ1) is 36.4. The molecule has 5 rings (SSSR count). The van der Waals surface area contributed by atoms with Crippen LogP contribution in [0, 0.1) is 10.8 Å². The van der Waals surface area contributed by atoms with Crippen LogP contribution in [-0.4, -0.2) is 190 Å². The number of hydrazine groups is 2. The van der Waals surface area contributed by atoms with Crippen LogP contribution in [0.15, 0.2) is 60.7 Å². The normalized spacial score (nSPS) is 18.0. The van der Waals surface area contributed by atoms with Crippen molar-refractivity contribution in [3.63, 3.8) is 0 Å². The Morgan fingerprint density at radius 2 is 1.13 bits per heavy atom. The molecule has 76 heavy (non-hydrogen) atoms. The molecular weight excluding hydrogens is 989 g/mol. The van der Waals surface area contributed by atoms with Crippen molar-refractivity contribution in [3.8, 4) is 0 Å². The third-order valence-corrected chi connectivity index (χ3v) is 13.1. The van der Waals surface area contributed by atoms with E-state index in [-0.39, 0.29) is 76.9 Å². The van der Waals surface area contributed by atoms with Crippen molar-refractivity contribution in [1.29, 1.82) is 10.8 Å². The van der Waals surface area contributed by atoms with Gasteiger partial charge in [0, 0.05) is 58.7 Å². The predicted molar refractivity (Wildman–Crippen MR) is 275 cm³/mol. The number of carbonyl (C=O) groups is 9. The van der Waals surface area contributed by atoms with Crippen molar-refractivity contribution in [2.24, 2.45) is 23.0 Å². The number of amides is 11. The lowest BCUT2D eigenvalue weighted by Gasteiger charge is -2.32. The first-order valence-electron chi connectivity index (χ1n) is 25.2. The molecule has 0 unspecified atom stereocenters. The third kappa shape index (κ3) is 17.1. The van der Waals surface area contributed by atoms with Gasteiger partial charge in [0.25, 0.3) is 5.91 Å². The van der Waals surface area contributed by atoms with Crippen LogP contribution >= 0.6 is 0 Å². The highest BCUT2D eigenvalue weighted by atomic mass is 16.3. The standard InChI is InChI=1S/C48H72N18O10/c49-45(50)55-19-10-24-65(54)48(76)64-23-9-18-37(64)44(74)63-22-7-16-35(63)41(71)57-28-38(68)58-32(26-30-12-3-1-4-13-30)39(69)60-34(29-67)43(73)62-21-8-17-36(62)42(72)59-33(27-31-14-5-2-6-15-31)40(70)61-66(47(53)75)25-11-20-56-46(51)52/h1-6,12-15,32-37,67H,7-11,16-29,54H2,(H2,53,75)(H,57,71)(H,58,68)(H,59,72)(H,60,69)(H,61,70)(H4,49,50,55)(H4,51,52,56)/t32-,33-,34-,35-,36-,37-/m0/s1. The van der Waals surface area contributed by atoms with E-state index in [4.69, 9.17) is 33.9 Å². The number of nitrogens with two attached hydrogens (primary N) is 4. The number of likely N-dealkylation sites (tertiary alicyclic amines) is 3. The summed E-state index contributed by atoms with van der Waals surface area (Å²) in [5, 5.41) is 42.6. The van der Waals surface area contributed by atoms with Crippen molar-refractivity contribution in [2.45, 2.75) is 100 Å². The van der Waals surface area contributed by atoms with E-state index in [0.29, 0.717) is 56.2 Å². The first kappa shape index (κ1) is 58.6. The number of hydrogen-bond acceptors (Lipinski definition) is 13. The van der Waals surface area contributed by atoms with Crippen molar-refractivity contribution >= 4 is 65.3 Å². The monoisotopic (exact) mass is 1060 g/mol.